The number of aromatic nitrogens is 2. The molecule has 0 atom stereocenters. The highest BCUT2D eigenvalue weighted by Crippen LogP contribution is 2.37. The van der Waals surface area contributed by atoms with Crippen molar-refractivity contribution < 1.29 is 0 Å². The van der Waals surface area contributed by atoms with E-state index in [4.69, 9.17) is 11.6 Å². The largest absolute Gasteiger partial charge is 0.369 e. The summed E-state index contributed by atoms with van der Waals surface area (Å²) in [6.07, 6.45) is 3.13. The summed E-state index contributed by atoms with van der Waals surface area (Å²) in [5.41, 5.74) is -0.0847. The summed E-state index contributed by atoms with van der Waals surface area (Å²) >= 11 is 7.46. The van der Waals surface area contributed by atoms with Crippen molar-refractivity contribution in [3.8, 4) is 0 Å². The fourth-order valence-corrected chi connectivity index (χ4v) is 3.00. The van der Waals surface area contributed by atoms with Gasteiger partial charge in [-0.15, -0.1) is 11.3 Å². The second-order valence-electron chi connectivity index (χ2n) is 4.67. The van der Waals surface area contributed by atoms with Gasteiger partial charge in [0, 0.05) is 23.4 Å². The van der Waals surface area contributed by atoms with Crippen molar-refractivity contribution in [1.29, 1.82) is 0 Å². The molecule has 0 saturated heterocycles. The zero-order valence-corrected chi connectivity index (χ0v) is 11.9. The molecule has 2 heterocycles. The molecule has 19 heavy (non-hydrogen) atoms. The van der Waals surface area contributed by atoms with Gasteiger partial charge >= 0.3 is 0 Å². The van der Waals surface area contributed by atoms with Crippen LogP contribution in [0.5, 0.6) is 0 Å². The smallest absolute Gasteiger partial charge is 0.252 e. The van der Waals surface area contributed by atoms with Crippen LogP contribution >= 0.6 is 22.9 Å². The van der Waals surface area contributed by atoms with Gasteiger partial charge in [0.1, 0.15) is 11.6 Å². The molecule has 0 aliphatic heterocycles. The summed E-state index contributed by atoms with van der Waals surface area (Å²) in [5.74, 6) is 1.92. The van der Waals surface area contributed by atoms with Crippen LogP contribution in [0.25, 0.3) is 0 Å². The third-order valence-corrected chi connectivity index (χ3v) is 4.32. The fraction of sp³-hybridized carbons (Fsp3) is 0.385. The molecule has 1 aliphatic carbocycles. The van der Waals surface area contributed by atoms with Gasteiger partial charge in [0.05, 0.1) is 4.34 Å². The van der Waals surface area contributed by atoms with Crippen LogP contribution in [0.4, 0.5) is 5.82 Å². The highest BCUT2D eigenvalue weighted by Gasteiger charge is 2.26. The molecular formula is C13H14ClN3OS. The Balaban J connectivity index is 1.61. The van der Waals surface area contributed by atoms with Crippen molar-refractivity contribution in [1.82, 2.24) is 9.97 Å². The van der Waals surface area contributed by atoms with E-state index in [0.717, 1.165) is 36.0 Å². The van der Waals surface area contributed by atoms with Crippen LogP contribution in [0.2, 0.25) is 4.34 Å². The number of halogens is 1. The predicted octanol–water partition coefficient (Wildman–Crippen LogP) is 3.02. The number of thiophene rings is 1. The summed E-state index contributed by atoms with van der Waals surface area (Å²) in [5, 5.41) is 3.20. The van der Waals surface area contributed by atoms with Crippen molar-refractivity contribution in [2.75, 3.05) is 11.9 Å². The Kier molecular flexibility index (Phi) is 3.57. The van der Waals surface area contributed by atoms with Gasteiger partial charge in [0.15, 0.2) is 0 Å². The van der Waals surface area contributed by atoms with Crippen LogP contribution in [0, 0.1) is 0 Å². The Morgan fingerprint density at radius 3 is 3.00 bits per heavy atom. The molecule has 0 radical (unpaired) electrons. The van der Waals surface area contributed by atoms with Crippen LogP contribution in [-0.2, 0) is 6.42 Å². The number of hydrogen-bond donors (Lipinski definition) is 2. The lowest BCUT2D eigenvalue weighted by molar-refractivity contribution is 0.900. The average molecular weight is 296 g/mol. The number of aromatic amines is 1. The zero-order chi connectivity index (χ0) is 13.2. The first-order chi connectivity index (χ1) is 9.20. The minimum absolute atomic E-state index is 0.0847. The zero-order valence-electron chi connectivity index (χ0n) is 10.3. The Labute approximate surface area is 119 Å². The summed E-state index contributed by atoms with van der Waals surface area (Å²) in [6, 6.07) is 5.43. The standard InChI is InChI=1S/C13H14ClN3OS/c14-10-4-3-9(19-10)5-6-15-11-7-12(18)17-13(16-11)8-1-2-8/h3-4,7-8H,1-2,5-6H2,(H2,15,16,17,18). The van der Waals surface area contributed by atoms with Crippen LogP contribution in [0.3, 0.4) is 0 Å². The van der Waals surface area contributed by atoms with E-state index in [1.165, 1.54) is 10.9 Å². The van der Waals surface area contributed by atoms with E-state index in [1.54, 1.807) is 11.3 Å². The van der Waals surface area contributed by atoms with E-state index < -0.39 is 0 Å². The maximum Gasteiger partial charge on any atom is 0.252 e. The molecular weight excluding hydrogens is 282 g/mol. The lowest BCUT2D eigenvalue weighted by Gasteiger charge is -2.05. The van der Waals surface area contributed by atoms with Crippen LogP contribution in [0.15, 0.2) is 23.0 Å². The molecule has 0 aromatic carbocycles. The Bertz CT molecular complexity index is 633. The summed E-state index contributed by atoms with van der Waals surface area (Å²) < 4.78 is 0.806. The van der Waals surface area contributed by atoms with Crippen molar-refractivity contribution in [3.63, 3.8) is 0 Å². The molecule has 0 spiro atoms. The number of nitrogens with one attached hydrogen (secondary N) is 2. The van der Waals surface area contributed by atoms with Gasteiger partial charge in [-0.25, -0.2) is 4.98 Å². The quantitative estimate of drug-likeness (QED) is 0.891. The molecule has 1 saturated carbocycles. The SMILES string of the molecule is O=c1cc(NCCc2ccc(Cl)s2)nc(C2CC2)[nH]1. The Morgan fingerprint density at radius 2 is 2.32 bits per heavy atom. The number of H-pyrrole nitrogens is 1. The van der Waals surface area contributed by atoms with E-state index in [0.29, 0.717) is 11.7 Å². The van der Waals surface area contributed by atoms with Crippen molar-refractivity contribution in [3.05, 3.63) is 43.6 Å². The molecule has 0 amide bonds. The minimum atomic E-state index is -0.0847. The Morgan fingerprint density at radius 1 is 1.47 bits per heavy atom. The van der Waals surface area contributed by atoms with Gasteiger partial charge in [-0.2, -0.15) is 0 Å². The first kappa shape index (κ1) is 12.7. The molecule has 2 N–H and O–H groups in total. The summed E-state index contributed by atoms with van der Waals surface area (Å²) in [7, 11) is 0. The van der Waals surface area contributed by atoms with E-state index in [1.807, 2.05) is 12.1 Å². The molecule has 2 aromatic rings. The molecule has 6 heteroatoms. The molecule has 0 unspecified atom stereocenters. The number of nitrogens with zero attached hydrogens (tertiary/aromatic N) is 1. The third kappa shape index (κ3) is 3.36. The highest BCUT2D eigenvalue weighted by atomic mass is 35.5. The highest BCUT2D eigenvalue weighted by molar-refractivity contribution is 7.16. The second kappa shape index (κ2) is 5.35. The lowest BCUT2D eigenvalue weighted by Crippen LogP contribution is -2.14. The molecule has 0 bridgehead atoms. The fourth-order valence-electron chi connectivity index (χ4n) is 1.92. The first-order valence-corrected chi connectivity index (χ1v) is 7.49. The molecule has 100 valence electrons. The first-order valence-electron chi connectivity index (χ1n) is 6.30. The maximum atomic E-state index is 11.5. The number of rotatable bonds is 5. The lowest BCUT2D eigenvalue weighted by atomic mass is 10.3. The van der Waals surface area contributed by atoms with Gasteiger partial charge < -0.3 is 10.3 Å². The summed E-state index contributed by atoms with van der Waals surface area (Å²) in [6.45, 7) is 0.747. The number of anilines is 1. The molecule has 2 aromatic heterocycles. The maximum absolute atomic E-state index is 11.5. The minimum Gasteiger partial charge on any atom is -0.369 e. The third-order valence-electron chi connectivity index (χ3n) is 3.03. The molecule has 3 rings (SSSR count). The van der Waals surface area contributed by atoms with Gasteiger partial charge in [0.2, 0.25) is 0 Å². The van der Waals surface area contributed by atoms with Gasteiger partial charge in [0.25, 0.3) is 5.56 Å². The summed E-state index contributed by atoms with van der Waals surface area (Å²) in [4.78, 5) is 20.0. The monoisotopic (exact) mass is 295 g/mol. The van der Waals surface area contributed by atoms with Gasteiger partial charge in [-0.05, 0) is 31.4 Å². The van der Waals surface area contributed by atoms with Crippen molar-refractivity contribution in [2.24, 2.45) is 0 Å². The van der Waals surface area contributed by atoms with Crippen LogP contribution in [0.1, 0.15) is 29.5 Å². The van der Waals surface area contributed by atoms with E-state index in [2.05, 4.69) is 15.3 Å². The normalized spacial score (nSPS) is 14.6. The van der Waals surface area contributed by atoms with Gasteiger partial charge in [-0.1, -0.05) is 11.6 Å². The van der Waals surface area contributed by atoms with E-state index >= 15 is 0 Å². The van der Waals surface area contributed by atoms with Crippen LogP contribution in [-0.4, -0.2) is 16.5 Å². The molecule has 1 aliphatic rings. The number of hydrogen-bond acceptors (Lipinski definition) is 4. The topological polar surface area (TPSA) is 57.8 Å². The average Bonchev–Trinajstić information content (AvgIpc) is 3.13. The molecule has 4 nitrogen and oxygen atoms in total. The second-order valence-corrected chi connectivity index (χ2v) is 6.47. The van der Waals surface area contributed by atoms with Crippen molar-refractivity contribution >= 4 is 28.8 Å². The van der Waals surface area contributed by atoms with Gasteiger partial charge in [-0.3, -0.25) is 4.79 Å². The van der Waals surface area contributed by atoms with E-state index in [-0.39, 0.29) is 5.56 Å². The Hall–Kier alpha value is -1.33. The predicted molar refractivity (Wildman–Crippen MR) is 78.4 cm³/mol. The van der Waals surface area contributed by atoms with Crippen LogP contribution < -0.4 is 10.9 Å². The van der Waals surface area contributed by atoms with Crippen molar-refractivity contribution in [2.45, 2.75) is 25.2 Å². The van der Waals surface area contributed by atoms with E-state index in [9.17, 15) is 4.79 Å². The molecule has 1 fully saturated rings.